The lowest BCUT2D eigenvalue weighted by atomic mass is 9.91. The Morgan fingerprint density at radius 1 is 1.48 bits per heavy atom. The van der Waals surface area contributed by atoms with Crippen molar-refractivity contribution >= 4 is 5.82 Å². The van der Waals surface area contributed by atoms with Crippen molar-refractivity contribution in [3.63, 3.8) is 0 Å². The van der Waals surface area contributed by atoms with Crippen LogP contribution >= 0.6 is 0 Å². The van der Waals surface area contributed by atoms with Crippen molar-refractivity contribution in [3.05, 3.63) is 18.1 Å². The van der Waals surface area contributed by atoms with Gasteiger partial charge in [0.05, 0.1) is 18.5 Å². The van der Waals surface area contributed by atoms with Crippen LogP contribution in [0.2, 0.25) is 0 Å². The lowest BCUT2D eigenvalue weighted by molar-refractivity contribution is 0.240. The van der Waals surface area contributed by atoms with Gasteiger partial charge in [0.15, 0.2) is 0 Å². The average Bonchev–Trinajstić information content (AvgIpc) is 2.54. The summed E-state index contributed by atoms with van der Waals surface area (Å²) in [5.41, 5.74) is 0.654. The van der Waals surface area contributed by atoms with Gasteiger partial charge in [-0.1, -0.05) is 12.8 Å². The fraction of sp³-hybridized carbons (Fsp3) is 0.562. The molecule has 0 aromatic carbocycles. The zero-order valence-electron chi connectivity index (χ0n) is 12.5. The zero-order chi connectivity index (χ0) is 15.1. The minimum atomic E-state index is 0.156. The van der Waals surface area contributed by atoms with Gasteiger partial charge in [-0.2, -0.15) is 5.26 Å². The monoisotopic (exact) mass is 284 g/mol. The van der Waals surface area contributed by atoms with Gasteiger partial charge in [0.25, 0.3) is 0 Å². The van der Waals surface area contributed by atoms with Crippen molar-refractivity contribution in [1.29, 1.82) is 5.26 Å². The molecule has 1 aliphatic heterocycles. The summed E-state index contributed by atoms with van der Waals surface area (Å²) in [4.78, 5) is 11.1. The summed E-state index contributed by atoms with van der Waals surface area (Å²) in [6, 6.07) is 2.73. The molecule has 0 saturated carbocycles. The Bertz CT molecular complexity index is 570. The van der Waals surface area contributed by atoms with E-state index in [1.807, 2.05) is 0 Å². The standard InChI is InChI=1S/C16H20N4O/c1-3-15-9-13(10-17)6-7-20(15)16-12-18-11-14(19-16)5-4-8-21-2/h11-13,15H,3,6-9H2,1-2H3. The average molecular weight is 284 g/mol. The highest BCUT2D eigenvalue weighted by atomic mass is 16.5. The topological polar surface area (TPSA) is 62.0 Å². The molecule has 110 valence electrons. The van der Waals surface area contributed by atoms with Gasteiger partial charge in [-0.05, 0) is 25.2 Å². The van der Waals surface area contributed by atoms with Crippen LogP contribution < -0.4 is 4.90 Å². The van der Waals surface area contributed by atoms with Gasteiger partial charge in [-0.25, -0.2) is 4.98 Å². The lowest BCUT2D eigenvalue weighted by Gasteiger charge is -2.37. The van der Waals surface area contributed by atoms with E-state index in [0.717, 1.165) is 31.6 Å². The highest BCUT2D eigenvalue weighted by Crippen LogP contribution is 2.27. The Balaban J connectivity index is 2.16. The Hall–Kier alpha value is -2.11. The fourth-order valence-corrected chi connectivity index (χ4v) is 2.61. The van der Waals surface area contributed by atoms with E-state index in [9.17, 15) is 0 Å². The predicted octanol–water partition coefficient (Wildman–Crippen LogP) is 1.99. The predicted molar refractivity (Wildman–Crippen MR) is 80.5 cm³/mol. The highest BCUT2D eigenvalue weighted by Gasteiger charge is 2.28. The van der Waals surface area contributed by atoms with Crippen molar-refractivity contribution in [3.8, 4) is 17.9 Å². The number of nitrogens with zero attached hydrogens (tertiary/aromatic N) is 4. The van der Waals surface area contributed by atoms with Gasteiger partial charge in [0.1, 0.15) is 18.1 Å². The lowest BCUT2D eigenvalue weighted by Crippen LogP contribution is -2.42. The maximum Gasteiger partial charge on any atom is 0.148 e. The molecular formula is C16H20N4O. The molecule has 0 amide bonds. The molecule has 1 fully saturated rings. The number of nitriles is 1. The summed E-state index contributed by atoms with van der Waals surface area (Å²) in [6.45, 7) is 3.38. The first-order valence-electron chi connectivity index (χ1n) is 7.24. The van der Waals surface area contributed by atoms with Gasteiger partial charge < -0.3 is 9.64 Å². The molecule has 0 spiro atoms. The summed E-state index contributed by atoms with van der Waals surface area (Å²) in [5.74, 6) is 6.84. The third-order valence-corrected chi connectivity index (χ3v) is 3.72. The van der Waals surface area contributed by atoms with Crippen molar-refractivity contribution in [2.75, 3.05) is 25.2 Å². The maximum atomic E-state index is 9.10. The summed E-state index contributed by atoms with van der Waals surface area (Å²) in [6.07, 6.45) is 6.22. The van der Waals surface area contributed by atoms with Crippen molar-refractivity contribution in [2.45, 2.75) is 32.2 Å². The second-order valence-electron chi connectivity index (χ2n) is 5.10. The number of anilines is 1. The molecule has 2 rings (SSSR count). The summed E-state index contributed by atoms with van der Waals surface area (Å²) < 4.78 is 4.91. The number of aromatic nitrogens is 2. The Kier molecular flexibility index (Phi) is 5.54. The van der Waals surface area contributed by atoms with E-state index in [1.165, 1.54) is 0 Å². The SMILES string of the molecule is CCC1CC(C#N)CCN1c1cncc(C#CCOC)n1. The molecule has 21 heavy (non-hydrogen) atoms. The fourth-order valence-electron chi connectivity index (χ4n) is 2.61. The number of hydrogen-bond donors (Lipinski definition) is 0. The van der Waals surface area contributed by atoms with E-state index in [4.69, 9.17) is 10.00 Å². The van der Waals surface area contributed by atoms with Gasteiger partial charge in [0.2, 0.25) is 0 Å². The normalized spacial score (nSPS) is 21.3. The number of methoxy groups -OCH3 is 1. The first-order chi connectivity index (χ1) is 10.3. The summed E-state index contributed by atoms with van der Waals surface area (Å²) >= 11 is 0. The van der Waals surface area contributed by atoms with Crippen molar-refractivity contribution in [2.24, 2.45) is 5.92 Å². The van der Waals surface area contributed by atoms with Crippen LogP contribution in [0.15, 0.2) is 12.4 Å². The van der Waals surface area contributed by atoms with E-state index in [2.05, 4.69) is 39.7 Å². The third kappa shape index (κ3) is 3.93. The molecule has 1 aliphatic rings. The molecule has 1 aromatic heterocycles. The molecule has 2 heterocycles. The number of ether oxygens (including phenoxy) is 1. The van der Waals surface area contributed by atoms with Crippen LogP contribution in [0.25, 0.3) is 0 Å². The maximum absolute atomic E-state index is 9.10. The molecule has 0 aliphatic carbocycles. The molecular weight excluding hydrogens is 264 g/mol. The molecule has 1 saturated heterocycles. The van der Waals surface area contributed by atoms with Crippen LogP contribution in [0.5, 0.6) is 0 Å². The molecule has 2 atom stereocenters. The minimum absolute atomic E-state index is 0.156. The first kappa shape index (κ1) is 15.3. The van der Waals surface area contributed by atoms with Crippen LogP contribution in [0, 0.1) is 29.1 Å². The molecule has 2 unspecified atom stereocenters. The molecule has 5 nitrogen and oxygen atoms in total. The Labute approximate surface area is 126 Å². The van der Waals surface area contributed by atoms with Gasteiger partial charge in [-0.15, -0.1) is 0 Å². The van der Waals surface area contributed by atoms with Crippen LogP contribution in [0.4, 0.5) is 5.82 Å². The largest absolute Gasteiger partial charge is 0.372 e. The highest BCUT2D eigenvalue weighted by molar-refractivity contribution is 5.41. The van der Waals surface area contributed by atoms with Crippen molar-refractivity contribution < 1.29 is 4.74 Å². The molecule has 0 radical (unpaired) electrons. The Morgan fingerprint density at radius 3 is 3.05 bits per heavy atom. The molecule has 5 heteroatoms. The second kappa shape index (κ2) is 7.61. The van der Waals surface area contributed by atoms with Crippen molar-refractivity contribution in [1.82, 2.24) is 9.97 Å². The first-order valence-corrected chi connectivity index (χ1v) is 7.24. The second-order valence-corrected chi connectivity index (χ2v) is 5.10. The summed E-state index contributed by atoms with van der Waals surface area (Å²) in [7, 11) is 1.61. The Morgan fingerprint density at radius 2 is 2.33 bits per heavy atom. The molecule has 0 bridgehead atoms. The summed E-state index contributed by atoms with van der Waals surface area (Å²) in [5, 5.41) is 9.10. The number of hydrogen-bond acceptors (Lipinski definition) is 5. The van der Waals surface area contributed by atoms with Crippen LogP contribution in [-0.2, 0) is 4.74 Å². The van der Waals surface area contributed by atoms with Crippen LogP contribution in [0.3, 0.4) is 0 Å². The van der Waals surface area contributed by atoms with Gasteiger partial charge in [-0.3, -0.25) is 4.98 Å². The number of piperidine rings is 1. The minimum Gasteiger partial charge on any atom is -0.372 e. The van der Waals surface area contributed by atoms with Crippen LogP contribution in [0.1, 0.15) is 31.9 Å². The molecule has 1 aromatic rings. The van der Waals surface area contributed by atoms with E-state index in [0.29, 0.717) is 18.3 Å². The van der Waals surface area contributed by atoms with E-state index in [1.54, 1.807) is 19.5 Å². The zero-order valence-corrected chi connectivity index (χ0v) is 12.5. The molecule has 0 N–H and O–H groups in total. The van der Waals surface area contributed by atoms with Gasteiger partial charge >= 0.3 is 0 Å². The van der Waals surface area contributed by atoms with E-state index in [-0.39, 0.29) is 5.92 Å². The van der Waals surface area contributed by atoms with E-state index < -0.39 is 0 Å². The quantitative estimate of drug-likeness (QED) is 0.794. The third-order valence-electron chi connectivity index (χ3n) is 3.72. The smallest absolute Gasteiger partial charge is 0.148 e. The number of rotatable bonds is 3. The van der Waals surface area contributed by atoms with Gasteiger partial charge in [0, 0.05) is 25.6 Å². The van der Waals surface area contributed by atoms with E-state index >= 15 is 0 Å². The van der Waals surface area contributed by atoms with Crippen LogP contribution in [-0.4, -0.2) is 36.3 Å².